The van der Waals surface area contributed by atoms with Gasteiger partial charge in [-0.05, 0) is 30.5 Å². The Balaban J connectivity index is 2.39. The standard InChI is InChI=1S/C13H20N2O2/c1-3-10-6-7-12(11(14)9-10)17-8-4-5-13(16)15-2/h6-7,9H,3-5,8,14H2,1-2H3,(H,15,16). The molecule has 0 spiro atoms. The number of hydrogen-bond donors (Lipinski definition) is 2. The molecule has 0 aliphatic rings. The molecule has 3 N–H and O–H groups in total. The Morgan fingerprint density at radius 1 is 1.47 bits per heavy atom. The Bertz CT molecular complexity index is 378. The molecule has 1 amide bonds. The van der Waals surface area contributed by atoms with Crippen LogP contribution in [-0.2, 0) is 11.2 Å². The van der Waals surface area contributed by atoms with E-state index in [4.69, 9.17) is 10.5 Å². The van der Waals surface area contributed by atoms with Crippen LogP contribution in [-0.4, -0.2) is 19.6 Å². The fraction of sp³-hybridized carbons (Fsp3) is 0.462. The maximum atomic E-state index is 11.0. The van der Waals surface area contributed by atoms with Gasteiger partial charge in [-0.2, -0.15) is 0 Å². The lowest BCUT2D eigenvalue weighted by Gasteiger charge is -2.09. The maximum Gasteiger partial charge on any atom is 0.219 e. The predicted molar refractivity (Wildman–Crippen MR) is 69.0 cm³/mol. The largest absolute Gasteiger partial charge is 0.491 e. The first-order chi connectivity index (χ1) is 8.17. The molecule has 1 rings (SSSR count). The van der Waals surface area contributed by atoms with E-state index in [9.17, 15) is 4.79 Å². The lowest BCUT2D eigenvalue weighted by Crippen LogP contribution is -2.18. The summed E-state index contributed by atoms with van der Waals surface area (Å²) in [7, 11) is 1.63. The first-order valence-corrected chi connectivity index (χ1v) is 5.89. The second-order valence-electron chi connectivity index (χ2n) is 3.85. The molecule has 0 atom stereocenters. The van der Waals surface area contributed by atoms with Gasteiger partial charge in [-0.1, -0.05) is 13.0 Å². The van der Waals surface area contributed by atoms with E-state index in [1.807, 2.05) is 18.2 Å². The van der Waals surface area contributed by atoms with Gasteiger partial charge in [0.15, 0.2) is 0 Å². The molecule has 17 heavy (non-hydrogen) atoms. The van der Waals surface area contributed by atoms with Gasteiger partial charge in [-0.3, -0.25) is 4.79 Å². The lowest BCUT2D eigenvalue weighted by atomic mass is 10.1. The number of nitrogens with one attached hydrogen (secondary N) is 1. The van der Waals surface area contributed by atoms with Crippen molar-refractivity contribution in [1.82, 2.24) is 5.32 Å². The summed E-state index contributed by atoms with van der Waals surface area (Å²) in [5, 5.41) is 2.57. The van der Waals surface area contributed by atoms with Crippen LogP contribution in [0.3, 0.4) is 0 Å². The van der Waals surface area contributed by atoms with Gasteiger partial charge < -0.3 is 15.8 Å². The van der Waals surface area contributed by atoms with Gasteiger partial charge in [0.25, 0.3) is 0 Å². The number of amides is 1. The molecular weight excluding hydrogens is 216 g/mol. The highest BCUT2D eigenvalue weighted by Crippen LogP contribution is 2.22. The molecule has 0 aromatic heterocycles. The fourth-order valence-electron chi connectivity index (χ4n) is 1.49. The second kappa shape index (κ2) is 6.78. The first kappa shape index (κ1) is 13.4. The quantitative estimate of drug-likeness (QED) is 0.584. The Labute approximate surface area is 102 Å². The van der Waals surface area contributed by atoms with Gasteiger partial charge in [0, 0.05) is 13.5 Å². The average Bonchev–Trinajstić information content (AvgIpc) is 2.35. The monoisotopic (exact) mass is 236 g/mol. The Morgan fingerprint density at radius 2 is 2.24 bits per heavy atom. The van der Waals surface area contributed by atoms with Crippen LogP contribution >= 0.6 is 0 Å². The molecular formula is C13H20N2O2. The lowest BCUT2D eigenvalue weighted by molar-refractivity contribution is -0.120. The number of nitrogen functional groups attached to an aromatic ring is 1. The molecule has 94 valence electrons. The van der Waals surface area contributed by atoms with Crippen molar-refractivity contribution in [3.05, 3.63) is 23.8 Å². The van der Waals surface area contributed by atoms with Crippen LogP contribution in [0.25, 0.3) is 0 Å². The number of ether oxygens (including phenoxy) is 1. The Morgan fingerprint density at radius 3 is 2.82 bits per heavy atom. The van der Waals surface area contributed by atoms with Gasteiger partial charge in [0.2, 0.25) is 5.91 Å². The van der Waals surface area contributed by atoms with E-state index in [0.29, 0.717) is 30.9 Å². The van der Waals surface area contributed by atoms with Crippen LogP contribution in [0.15, 0.2) is 18.2 Å². The summed E-state index contributed by atoms with van der Waals surface area (Å²) < 4.78 is 5.53. The second-order valence-corrected chi connectivity index (χ2v) is 3.85. The minimum atomic E-state index is 0.0305. The van der Waals surface area contributed by atoms with Crippen molar-refractivity contribution in [2.75, 3.05) is 19.4 Å². The van der Waals surface area contributed by atoms with E-state index >= 15 is 0 Å². The van der Waals surface area contributed by atoms with Crippen molar-refractivity contribution in [1.29, 1.82) is 0 Å². The van der Waals surface area contributed by atoms with Crippen LogP contribution in [0.1, 0.15) is 25.3 Å². The third-order valence-electron chi connectivity index (χ3n) is 2.57. The van der Waals surface area contributed by atoms with Gasteiger partial charge in [0.1, 0.15) is 5.75 Å². The number of nitrogens with two attached hydrogens (primary N) is 1. The number of hydrogen-bond acceptors (Lipinski definition) is 3. The van der Waals surface area contributed by atoms with Crippen LogP contribution in [0.5, 0.6) is 5.75 Å². The van der Waals surface area contributed by atoms with Gasteiger partial charge in [-0.15, -0.1) is 0 Å². The summed E-state index contributed by atoms with van der Waals surface area (Å²) in [6.07, 6.45) is 2.12. The molecule has 0 unspecified atom stereocenters. The van der Waals surface area contributed by atoms with E-state index in [1.165, 1.54) is 5.56 Å². The molecule has 0 fully saturated rings. The SMILES string of the molecule is CCc1ccc(OCCCC(=O)NC)c(N)c1. The van der Waals surface area contributed by atoms with Crippen molar-refractivity contribution < 1.29 is 9.53 Å². The minimum Gasteiger partial charge on any atom is -0.491 e. The van der Waals surface area contributed by atoms with E-state index in [1.54, 1.807) is 7.05 Å². The topological polar surface area (TPSA) is 64.3 Å². The Hall–Kier alpha value is -1.71. The van der Waals surface area contributed by atoms with Gasteiger partial charge in [0.05, 0.1) is 12.3 Å². The molecule has 0 aliphatic carbocycles. The summed E-state index contributed by atoms with van der Waals surface area (Å²) in [6, 6.07) is 5.81. The van der Waals surface area contributed by atoms with Gasteiger partial charge in [-0.25, -0.2) is 0 Å². The average molecular weight is 236 g/mol. The number of anilines is 1. The van der Waals surface area contributed by atoms with Crippen molar-refractivity contribution in [3.63, 3.8) is 0 Å². The number of rotatable bonds is 6. The molecule has 0 saturated heterocycles. The summed E-state index contributed by atoms with van der Waals surface area (Å²) in [5.41, 5.74) is 7.71. The minimum absolute atomic E-state index is 0.0305. The molecule has 0 bridgehead atoms. The summed E-state index contributed by atoms with van der Waals surface area (Å²) >= 11 is 0. The first-order valence-electron chi connectivity index (χ1n) is 5.89. The van der Waals surface area contributed by atoms with Crippen LogP contribution in [0, 0.1) is 0 Å². The highest BCUT2D eigenvalue weighted by Gasteiger charge is 2.02. The fourth-order valence-corrected chi connectivity index (χ4v) is 1.49. The third kappa shape index (κ3) is 4.34. The van der Waals surface area contributed by atoms with Gasteiger partial charge >= 0.3 is 0 Å². The number of aryl methyl sites for hydroxylation is 1. The summed E-state index contributed by atoms with van der Waals surface area (Å²) in [4.78, 5) is 11.0. The highest BCUT2D eigenvalue weighted by atomic mass is 16.5. The van der Waals surface area contributed by atoms with E-state index in [-0.39, 0.29) is 5.91 Å². The van der Waals surface area contributed by atoms with E-state index < -0.39 is 0 Å². The summed E-state index contributed by atoms with van der Waals surface area (Å²) in [5.74, 6) is 0.724. The zero-order valence-corrected chi connectivity index (χ0v) is 10.5. The predicted octanol–water partition coefficient (Wildman–Crippen LogP) is 1.74. The smallest absolute Gasteiger partial charge is 0.219 e. The molecule has 4 heteroatoms. The molecule has 4 nitrogen and oxygen atoms in total. The van der Waals surface area contributed by atoms with E-state index in [2.05, 4.69) is 12.2 Å². The van der Waals surface area contributed by atoms with Crippen LogP contribution < -0.4 is 15.8 Å². The molecule has 1 aromatic carbocycles. The van der Waals surface area contributed by atoms with Crippen LogP contribution in [0.2, 0.25) is 0 Å². The molecule has 0 aliphatic heterocycles. The molecule has 1 aromatic rings. The van der Waals surface area contributed by atoms with E-state index in [0.717, 1.165) is 6.42 Å². The Kier molecular flexibility index (Phi) is 5.33. The summed E-state index contributed by atoms with van der Waals surface area (Å²) in [6.45, 7) is 2.59. The van der Waals surface area contributed by atoms with Crippen molar-refractivity contribution in [2.24, 2.45) is 0 Å². The molecule has 0 heterocycles. The normalized spacial score (nSPS) is 10.0. The third-order valence-corrected chi connectivity index (χ3v) is 2.57. The number of benzene rings is 1. The maximum absolute atomic E-state index is 11.0. The van der Waals surface area contributed by atoms with Crippen LogP contribution in [0.4, 0.5) is 5.69 Å². The van der Waals surface area contributed by atoms with Crippen molar-refractivity contribution in [3.8, 4) is 5.75 Å². The molecule has 0 radical (unpaired) electrons. The zero-order valence-electron chi connectivity index (χ0n) is 10.5. The number of carbonyl (C=O) groups excluding carboxylic acids is 1. The van der Waals surface area contributed by atoms with Crippen molar-refractivity contribution >= 4 is 11.6 Å². The zero-order chi connectivity index (χ0) is 12.7. The highest BCUT2D eigenvalue weighted by molar-refractivity contribution is 5.75. The molecule has 0 saturated carbocycles. The van der Waals surface area contributed by atoms with Crippen molar-refractivity contribution in [2.45, 2.75) is 26.2 Å². The number of carbonyl (C=O) groups is 1.